The topological polar surface area (TPSA) is 101 Å². The fraction of sp³-hybridized carbons (Fsp3) is 0.500. The second-order valence-electron chi connectivity index (χ2n) is 6.05. The zero-order valence-corrected chi connectivity index (χ0v) is 15.2. The molecule has 1 aromatic rings. The molecule has 0 saturated heterocycles. The summed E-state index contributed by atoms with van der Waals surface area (Å²) in [5.41, 5.74) is -0.0331. The summed E-state index contributed by atoms with van der Waals surface area (Å²) in [6.07, 6.45) is 5.05. The summed E-state index contributed by atoms with van der Waals surface area (Å²) in [4.78, 5) is 24.2. The second kappa shape index (κ2) is 7.14. The molecule has 2 rings (SSSR count). The highest BCUT2D eigenvalue weighted by molar-refractivity contribution is 7.98. The molecule has 132 valence electrons. The molecule has 6 nitrogen and oxygen atoms in total. The number of carboxylic acid groups (broad SMARTS) is 1. The van der Waals surface area contributed by atoms with Gasteiger partial charge in [-0.25, -0.2) is 13.2 Å². The van der Waals surface area contributed by atoms with Crippen molar-refractivity contribution in [1.29, 1.82) is 0 Å². The molecule has 0 aromatic heterocycles. The summed E-state index contributed by atoms with van der Waals surface area (Å²) in [5.74, 6) is -1.06. The fourth-order valence-corrected chi connectivity index (χ4v) is 4.03. The summed E-state index contributed by atoms with van der Waals surface area (Å²) in [6.45, 7) is 0. The normalized spacial score (nSPS) is 17.6. The first-order chi connectivity index (χ1) is 11.2. The van der Waals surface area contributed by atoms with Crippen LogP contribution in [0.3, 0.4) is 0 Å². The highest BCUT2D eigenvalue weighted by Crippen LogP contribution is 2.44. The lowest BCUT2D eigenvalue weighted by Crippen LogP contribution is -2.54. The zero-order valence-electron chi connectivity index (χ0n) is 13.6. The summed E-state index contributed by atoms with van der Waals surface area (Å²) in [6, 6.07) is 5.36. The Labute approximate surface area is 145 Å². The van der Waals surface area contributed by atoms with Crippen LogP contribution in [0.1, 0.15) is 24.8 Å². The molecule has 1 aromatic carbocycles. The summed E-state index contributed by atoms with van der Waals surface area (Å²) in [5, 5.41) is 11.8. The van der Waals surface area contributed by atoms with Gasteiger partial charge in [0.25, 0.3) is 0 Å². The number of amides is 1. The molecule has 1 aliphatic carbocycles. The van der Waals surface area contributed by atoms with E-state index in [1.54, 1.807) is 18.4 Å². The monoisotopic (exact) mass is 371 g/mol. The van der Waals surface area contributed by atoms with Crippen LogP contribution in [-0.4, -0.2) is 49.7 Å². The quantitative estimate of drug-likeness (QED) is 0.752. The Morgan fingerprint density at radius 1 is 1.29 bits per heavy atom. The van der Waals surface area contributed by atoms with E-state index in [0.29, 0.717) is 18.6 Å². The predicted molar refractivity (Wildman–Crippen MR) is 93.0 cm³/mol. The van der Waals surface area contributed by atoms with Crippen molar-refractivity contribution in [3.8, 4) is 0 Å². The summed E-state index contributed by atoms with van der Waals surface area (Å²) >= 11 is 1.35. The summed E-state index contributed by atoms with van der Waals surface area (Å²) < 4.78 is 23.1. The third-order valence-electron chi connectivity index (χ3n) is 4.41. The van der Waals surface area contributed by atoms with E-state index in [2.05, 4.69) is 5.32 Å². The van der Waals surface area contributed by atoms with Crippen LogP contribution < -0.4 is 5.32 Å². The van der Waals surface area contributed by atoms with E-state index in [1.807, 2.05) is 0 Å². The van der Waals surface area contributed by atoms with Gasteiger partial charge in [-0.15, -0.1) is 0 Å². The molecule has 1 fully saturated rings. The molecule has 0 heterocycles. The molecule has 1 aliphatic rings. The van der Waals surface area contributed by atoms with Crippen molar-refractivity contribution in [2.75, 3.05) is 18.3 Å². The maximum absolute atomic E-state index is 12.7. The molecule has 2 N–H and O–H groups in total. The van der Waals surface area contributed by atoms with Gasteiger partial charge in [0.2, 0.25) is 5.91 Å². The number of carboxylic acids is 1. The van der Waals surface area contributed by atoms with E-state index in [-0.39, 0.29) is 10.8 Å². The van der Waals surface area contributed by atoms with Crippen molar-refractivity contribution in [2.45, 2.75) is 35.6 Å². The minimum Gasteiger partial charge on any atom is -0.480 e. The Kier molecular flexibility index (Phi) is 5.59. The van der Waals surface area contributed by atoms with E-state index in [4.69, 9.17) is 0 Å². The van der Waals surface area contributed by atoms with Gasteiger partial charge in [0.15, 0.2) is 9.84 Å². The number of benzene rings is 1. The second-order valence-corrected chi connectivity index (χ2v) is 8.98. The minimum atomic E-state index is -3.29. The fourth-order valence-electron chi connectivity index (χ4n) is 2.84. The number of thioether (sulfide) groups is 1. The zero-order chi connectivity index (χ0) is 18.0. The molecule has 0 unspecified atom stereocenters. The lowest BCUT2D eigenvalue weighted by atomic mass is 9.63. The highest BCUT2D eigenvalue weighted by atomic mass is 32.2. The average Bonchev–Trinajstić information content (AvgIpc) is 2.45. The van der Waals surface area contributed by atoms with Gasteiger partial charge < -0.3 is 10.4 Å². The van der Waals surface area contributed by atoms with Crippen molar-refractivity contribution in [3.63, 3.8) is 0 Å². The Hall–Kier alpha value is -1.54. The van der Waals surface area contributed by atoms with Crippen LogP contribution >= 0.6 is 11.8 Å². The lowest BCUT2D eigenvalue weighted by molar-refractivity contribution is -0.142. The van der Waals surface area contributed by atoms with Gasteiger partial charge in [-0.05, 0) is 36.8 Å². The maximum atomic E-state index is 12.7. The third-order valence-corrected chi connectivity index (χ3v) is 6.21. The van der Waals surface area contributed by atoms with Crippen LogP contribution in [0.4, 0.5) is 0 Å². The number of hydrogen-bond donors (Lipinski definition) is 2. The number of nitrogens with one attached hydrogen (secondary N) is 1. The average molecular weight is 371 g/mol. The minimum absolute atomic E-state index is 0.201. The Morgan fingerprint density at radius 2 is 1.88 bits per heavy atom. The molecule has 1 saturated carbocycles. The van der Waals surface area contributed by atoms with Crippen molar-refractivity contribution in [3.05, 3.63) is 29.8 Å². The number of carbonyl (C=O) groups is 2. The Bertz CT molecular complexity index is 723. The third kappa shape index (κ3) is 3.75. The van der Waals surface area contributed by atoms with Crippen LogP contribution in [0.2, 0.25) is 0 Å². The van der Waals surface area contributed by atoms with Gasteiger partial charge in [0.1, 0.15) is 6.04 Å². The molecule has 8 heteroatoms. The molecule has 0 radical (unpaired) electrons. The molecule has 1 atom stereocenters. The first kappa shape index (κ1) is 18.8. The van der Waals surface area contributed by atoms with Crippen molar-refractivity contribution >= 4 is 33.5 Å². The molecule has 1 amide bonds. The maximum Gasteiger partial charge on any atom is 0.327 e. The molecule has 24 heavy (non-hydrogen) atoms. The number of sulfone groups is 1. The van der Waals surface area contributed by atoms with E-state index in [9.17, 15) is 23.1 Å². The van der Waals surface area contributed by atoms with E-state index in [0.717, 1.165) is 18.2 Å². The molecule has 0 bridgehead atoms. The van der Waals surface area contributed by atoms with Gasteiger partial charge in [-0.3, -0.25) is 4.79 Å². The van der Waals surface area contributed by atoms with Crippen molar-refractivity contribution in [1.82, 2.24) is 5.32 Å². The molecule has 0 aliphatic heterocycles. The summed E-state index contributed by atoms with van der Waals surface area (Å²) in [7, 11) is -3.29. The largest absolute Gasteiger partial charge is 0.480 e. The van der Waals surface area contributed by atoms with E-state index < -0.39 is 27.3 Å². The molecular weight excluding hydrogens is 350 g/mol. The van der Waals surface area contributed by atoms with Crippen LogP contribution in [0, 0.1) is 0 Å². The predicted octanol–water partition coefficient (Wildman–Crippen LogP) is 1.44. The van der Waals surface area contributed by atoms with E-state index in [1.165, 1.54) is 23.9 Å². The van der Waals surface area contributed by atoms with Crippen molar-refractivity contribution < 1.29 is 23.1 Å². The number of carbonyl (C=O) groups excluding carboxylic acids is 1. The Balaban J connectivity index is 2.25. The molecule has 0 spiro atoms. The van der Waals surface area contributed by atoms with Gasteiger partial charge in [-0.1, -0.05) is 18.6 Å². The van der Waals surface area contributed by atoms with Crippen LogP contribution in [0.15, 0.2) is 29.2 Å². The number of hydrogen-bond acceptors (Lipinski definition) is 5. The van der Waals surface area contributed by atoms with Gasteiger partial charge in [-0.2, -0.15) is 11.8 Å². The van der Waals surface area contributed by atoms with Crippen LogP contribution in [-0.2, 0) is 24.8 Å². The van der Waals surface area contributed by atoms with Gasteiger partial charge >= 0.3 is 5.97 Å². The van der Waals surface area contributed by atoms with Gasteiger partial charge in [0, 0.05) is 12.0 Å². The lowest BCUT2D eigenvalue weighted by Gasteiger charge is -2.41. The highest BCUT2D eigenvalue weighted by Gasteiger charge is 2.46. The van der Waals surface area contributed by atoms with Crippen LogP contribution in [0.5, 0.6) is 0 Å². The smallest absolute Gasteiger partial charge is 0.327 e. The van der Waals surface area contributed by atoms with Gasteiger partial charge in [0.05, 0.1) is 10.3 Å². The first-order valence-corrected chi connectivity index (χ1v) is 10.8. The first-order valence-electron chi connectivity index (χ1n) is 7.54. The number of rotatable bonds is 7. The molecular formula is C16H21NO5S2. The van der Waals surface area contributed by atoms with Crippen LogP contribution in [0.25, 0.3) is 0 Å². The van der Waals surface area contributed by atoms with Crippen molar-refractivity contribution in [2.24, 2.45) is 0 Å². The van der Waals surface area contributed by atoms with E-state index >= 15 is 0 Å². The standard InChI is InChI=1S/C16H21NO5S2/c1-23-10-13(14(18)19)17-15(20)16(8-3-9-16)11-4-6-12(7-5-11)24(2,21)22/h4-7,13H,3,8-10H2,1-2H3,(H,17,20)(H,18,19)/t13-/m0/s1. The SMILES string of the molecule is CSC[C@H](NC(=O)C1(c2ccc(S(C)(=O)=O)cc2)CCC1)C(=O)O. The number of aliphatic carboxylic acids is 1. The Morgan fingerprint density at radius 3 is 2.25 bits per heavy atom.